The van der Waals surface area contributed by atoms with E-state index in [4.69, 9.17) is 4.74 Å². The maximum absolute atomic E-state index is 10.3. The fourth-order valence-electron chi connectivity index (χ4n) is 4.04. The Balaban J connectivity index is 1.26. The largest absolute Gasteiger partial charge is 0.506 e. The number of aryl methyl sites for hydroxylation is 2. The number of rotatable bonds is 8. The van der Waals surface area contributed by atoms with E-state index in [9.17, 15) is 10.2 Å². The molecule has 1 aliphatic rings. The van der Waals surface area contributed by atoms with Gasteiger partial charge in [0, 0.05) is 42.8 Å². The maximum atomic E-state index is 10.3. The number of hydrogen-bond donors (Lipinski definition) is 5. The van der Waals surface area contributed by atoms with Gasteiger partial charge in [-0.25, -0.2) is 0 Å². The van der Waals surface area contributed by atoms with Gasteiger partial charge in [-0.1, -0.05) is 6.07 Å². The van der Waals surface area contributed by atoms with E-state index >= 15 is 0 Å². The summed E-state index contributed by atoms with van der Waals surface area (Å²) in [5.74, 6) is 1.03. The number of nitrogens with one attached hydrogen (secondary N) is 3. The van der Waals surface area contributed by atoms with Gasteiger partial charge in [0.05, 0.1) is 11.8 Å². The Bertz CT molecular complexity index is 983. The molecular formula is C23H29N3O3. The van der Waals surface area contributed by atoms with Crippen LogP contribution in [-0.2, 0) is 12.8 Å². The van der Waals surface area contributed by atoms with Gasteiger partial charge < -0.3 is 30.6 Å². The third-order valence-electron chi connectivity index (χ3n) is 5.63. The van der Waals surface area contributed by atoms with Crippen molar-refractivity contribution in [2.75, 3.05) is 32.1 Å². The highest BCUT2D eigenvalue weighted by Gasteiger charge is 2.15. The Morgan fingerprint density at radius 1 is 1.14 bits per heavy atom. The zero-order chi connectivity index (χ0) is 20.2. The quantitative estimate of drug-likeness (QED) is 0.298. The number of hydrogen-bond acceptors (Lipinski definition) is 5. The lowest BCUT2D eigenvalue weighted by atomic mass is 9.96. The number of ether oxygens (including phenoxy) is 1. The third kappa shape index (κ3) is 4.33. The van der Waals surface area contributed by atoms with Gasteiger partial charge in [-0.2, -0.15) is 0 Å². The molecule has 6 heteroatoms. The van der Waals surface area contributed by atoms with E-state index in [1.165, 1.54) is 35.9 Å². The van der Waals surface area contributed by atoms with Gasteiger partial charge >= 0.3 is 0 Å². The summed E-state index contributed by atoms with van der Waals surface area (Å²) in [7, 11) is 1.74. The molecule has 1 heterocycles. The van der Waals surface area contributed by atoms with Gasteiger partial charge in [0.2, 0.25) is 0 Å². The summed E-state index contributed by atoms with van der Waals surface area (Å²) in [4.78, 5) is 3.55. The van der Waals surface area contributed by atoms with Gasteiger partial charge in [0.1, 0.15) is 18.1 Å². The Morgan fingerprint density at radius 3 is 2.86 bits per heavy atom. The molecular weight excluding hydrogens is 366 g/mol. The summed E-state index contributed by atoms with van der Waals surface area (Å²) in [5.41, 5.74) is 5.37. The number of phenols is 1. The van der Waals surface area contributed by atoms with Gasteiger partial charge in [-0.15, -0.1) is 0 Å². The number of anilines is 1. The van der Waals surface area contributed by atoms with E-state index in [0.29, 0.717) is 25.4 Å². The van der Waals surface area contributed by atoms with Crippen LogP contribution in [0.25, 0.3) is 10.9 Å². The fourth-order valence-corrected chi connectivity index (χ4v) is 4.04. The van der Waals surface area contributed by atoms with Crippen LogP contribution in [0.15, 0.2) is 36.4 Å². The molecule has 1 unspecified atom stereocenters. The number of aromatic amines is 1. The molecule has 1 aromatic heterocycles. The van der Waals surface area contributed by atoms with Crippen molar-refractivity contribution in [3.63, 3.8) is 0 Å². The molecule has 4 rings (SSSR count). The monoisotopic (exact) mass is 395 g/mol. The topological polar surface area (TPSA) is 89.5 Å². The number of phenolic OH excluding ortho intramolecular Hbond substituents is 1. The number of aliphatic hydroxyl groups is 1. The molecule has 0 fully saturated rings. The van der Waals surface area contributed by atoms with Gasteiger partial charge in [0.15, 0.2) is 0 Å². The molecule has 0 amide bonds. The van der Waals surface area contributed by atoms with Crippen LogP contribution in [0.5, 0.6) is 11.5 Å². The van der Waals surface area contributed by atoms with Crippen molar-refractivity contribution in [3.8, 4) is 11.5 Å². The minimum Gasteiger partial charge on any atom is -0.506 e. The molecule has 29 heavy (non-hydrogen) atoms. The van der Waals surface area contributed by atoms with E-state index in [2.05, 4.69) is 27.8 Å². The Morgan fingerprint density at radius 2 is 2.00 bits per heavy atom. The first-order valence-corrected chi connectivity index (χ1v) is 10.3. The molecule has 6 nitrogen and oxygen atoms in total. The smallest absolute Gasteiger partial charge is 0.138 e. The standard InChI is InChI=1S/C23H29N3O3/c1-24-21-12-15(6-9-22(21)27)23(28)14-25-10-11-29-16-7-8-18-17-4-2-3-5-19(17)26-20(18)13-16/h6-9,12-13,23-28H,2-5,10-11,14H2,1H3. The summed E-state index contributed by atoms with van der Waals surface area (Å²) in [6.07, 6.45) is 4.20. The first kappa shape index (κ1) is 19.6. The van der Waals surface area contributed by atoms with Crippen molar-refractivity contribution in [2.45, 2.75) is 31.8 Å². The van der Waals surface area contributed by atoms with E-state index in [0.717, 1.165) is 23.3 Å². The van der Waals surface area contributed by atoms with Crippen LogP contribution in [0.1, 0.15) is 35.8 Å². The van der Waals surface area contributed by atoms with Crippen molar-refractivity contribution in [2.24, 2.45) is 0 Å². The van der Waals surface area contributed by atoms with Crippen molar-refractivity contribution >= 4 is 16.6 Å². The number of aromatic hydroxyl groups is 1. The van der Waals surface area contributed by atoms with Crippen LogP contribution in [0, 0.1) is 0 Å². The van der Waals surface area contributed by atoms with Crippen LogP contribution in [0.4, 0.5) is 5.69 Å². The van der Waals surface area contributed by atoms with E-state index in [-0.39, 0.29) is 5.75 Å². The zero-order valence-corrected chi connectivity index (χ0v) is 16.8. The van der Waals surface area contributed by atoms with Gasteiger partial charge in [-0.3, -0.25) is 0 Å². The highest BCUT2D eigenvalue weighted by molar-refractivity contribution is 5.86. The van der Waals surface area contributed by atoms with Crippen molar-refractivity contribution < 1.29 is 14.9 Å². The summed E-state index contributed by atoms with van der Waals surface area (Å²) in [6, 6.07) is 11.3. The SMILES string of the molecule is CNc1cc(C(O)CNCCOc2ccc3c4c([nH]c3c2)CCCC4)ccc1O. The van der Waals surface area contributed by atoms with E-state index in [1.54, 1.807) is 25.2 Å². The first-order valence-electron chi connectivity index (χ1n) is 10.3. The second-order valence-corrected chi connectivity index (χ2v) is 7.59. The van der Waals surface area contributed by atoms with Crippen molar-refractivity contribution in [1.82, 2.24) is 10.3 Å². The number of benzene rings is 2. The molecule has 0 radical (unpaired) electrons. The highest BCUT2D eigenvalue weighted by Crippen LogP contribution is 2.31. The second-order valence-electron chi connectivity index (χ2n) is 7.59. The minimum absolute atomic E-state index is 0.171. The zero-order valence-electron chi connectivity index (χ0n) is 16.8. The molecule has 1 aliphatic carbocycles. The molecule has 3 aromatic rings. The molecule has 0 saturated heterocycles. The molecule has 0 bridgehead atoms. The van der Waals surface area contributed by atoms with Gasteiger partial charge in [-0.05, 0) is 61.1 Å². The summed E-state index contributed by atoms with van der Waals surface area (Å²) in [6.45, 7) is 1.57. The number of fused-ring (bicyclic) bond motifs is 3. The van der Waals surface area contributed by atoms with Crippen LogP contribution in [-0.4, -0.2) is 41.9 Å². The second kappa shape index (κ2) is 8.76. The van der Waals surface area contributed by atoms with Crippen LogP contribution < -0.4 is 15.4 Å². The summed E-state index contributed by atoms with van der Waals surface area (Å²) < 4.78 is 5.88. The van der Waals surface area contributed by atoms with Crippen LogP contribution in [0.3, 0.4) is 0 Å². The fraction of sp³-hybridized carbons (Fsp3) is 0.391. The predicted molar refractivity (Wildman–Crippen MR) is 116 cm³/mol. The van der Waals surface area contributed by atoms with Crippen LogP contribution >= 0.6 is 0 Å². The molecule has 154 valence electrons. The molecule has 0 spiro atoms. The number of aromatic nitrogens is 1. The lowest BCUT2D eigenvalue weighted by molar-refractivity contribution is 0.172. The summed E-state index contributed by atoms with van der Waals surface area (Å²) >= 11 is 0. The highest BCUT2D eigenvalue weighted by atomic mass is 16.5. The maximum Gasteiger partial charge on any atom is 0.138 e. The summed E-state index contributed by atoms with van der Waals surface area (Å²) in [5, 5.41) is 27.5. The van der Waals surface area contributed by atoms with Crippen molar-refractivity contribution in [3.05, 3.63) is 53.2 Å². The average molecular weight is 396 g/mol. The average Bonchev–Trinajstić information content (AvgIpc) is 3.11. The molecule has 0 saturated carbocycles. The van der Waals surface area contributed by atoms with Gasteiger partial charge in [0.25, 0.3) is 0 Å². The predicted octanol–water partition coefficient (Wildman–Crippen LogP) is 3.50. The normalized spacial score (nSPS) is 14.6. The lowest BCUT2D eigenvalue weighted by Crippen LogP contribution is -2.26. The van der Waals surface area contributed by atoms with E-state index in [1.807, 2.05) is 6.07 Å². The lowest BCUT2D eigenvalue weighted by Gasteiger charge is -2.14. The van der Waals surface area contributed by atoms with E-state index < -0.39 is 6.10 Å². The molecule has 1 atom stereocenters. The number of aliphatic hydroxyl groups excluding tert-OH is 1. The Kier molecular flexibility index (Phi) is 5.92. The Hall–Kier alpha value is -2.70. The molecule has 0 aliphatic heterocycles. The minimum atomic E-state index is -0.649. The van der Waals surface area contributed by atoms with Crippen LogP contribution in [0.2, 0.25) is 0 Å². The third-order valence-corrected chi connectivity index (χ3v) is 5.63. The number of H-pyrrole nitrogens is 1. The molecule has 2 aromatic carbocycles. The first-order chi connectivity index (χ1) is 14.2. The van der Waals surface area contributed by atoms with Crippen molar-refractivity contribution in [1.29, 1.82) is 0 Å². The Labute approximate surface area is 170 Å². The molecule has 5 N–H and O–H groups in total.